The molecule has 2 nitrogen and oxygen atoms in total. The van der Waals surface area contributed by atoms with Crippen LogP contribution in [0.5, 0.6) is 0 Å². The van der Waals surface area contributed by atoms with Crippen LogP contribution >= 0.6 is 0 Å². The first-order chi connectivity index (χ1) is 9.69. The first-order valence-corrected chi connectivity index (χ1v) is 8.02. The van der Waals surface area contributed by atoms with Gasteiger partial charge in [-0.25, -0.2) is 0 Å². The maximum absolute atomic E-state index is 12.2. The van der Waals surface area contributed by atoms with Crippen molar-refractivity contribution < 1.29 is 4.79 Å². The maximum Gasteiger partial charge on any atom is 0.222 e. The van der Waals surface area contributed by atoms with Crippen LogP contribution in [0.25, 0.3) is 0 Å². The lowest BCUT2D eigenvalue weighted by molar-refractivity contribution is -0.132. The fourth-order valence-electron chi connectivity index (χ4n) is 3.04. The number of aryl methyl sites for hydroxylation is 2. The van der Waals surface area contributed by atoms with Crippen molar-refractivity contribution in [1.82, 2.24) is 4.90 Å². The predicted octanol–water partition coefficient (Wildman–Crippen LogP) is 3.97. The van der Waals surface area contributed by atoms with Crippen molar-refractivity contribution in [2.45, 2.75) is 52.4 Å². The zero-order valence-electron chi connectivity index (χ0n) is 12.9. The van der Waals surface area contributed by atoms with E-state index in [4.69, 9.17) is 0 Å². The van der Waals surface area contributed by atoms with Crippen LogP contribution in [0, 0.1) is 12.8 Å². The molecule has 0 radical (unpaired) electrons. The molecule has 2 heteroatoms. The summed E-state index contributed by atoms with van der Waals surface area (Å²) in [5.41, 5.74) is 2.54. The quantitative estimate of drug-likeness (QED) is 0.795. The highest BCUT2D eigenvalue weighted by molar-refractivity contribution is 5.76. The van der Waals surface area contributed by atoms with E-state index < -0.39 is 0 Å². The van der Waals surface area contributed by atoms with Gasteiger partial charge in [-0.1, -0.05) is 49.6 Å². The molecule has 20 heavy (non-hydrogen) atoms. The van der Waals surface area contributed by atoms with Crippen molar-refractivity contribution in [3.63, 3.8) is 0 Å². The Kier molecular flexibility index (Phi) is 5.63. The van der Waals surface area contributed by atoms with Crippen molar-refractivity contribution in [3.8, 4) is 0 Å². The summed E-state index contributed by atoms with van der Waals surface area (Å²) in [5.74, 6) is 1.18. The fourth-order valence-corrected chi connectivity index (χ4v) is 3.04. The van der Waals surface area contributed by atoms with Crippen molar-refractivity contribution in [2.75, 3.05) is 13.1 Å². The number of carbonyl (C=O) groups excluding carboxylic acids is 1. The minimum absolute atomic E-state index is 0.334. The van der Waals surface area contributed by atoms with Gasteiger partial charge in [0.25, 0.3) is 0 Å². The second-order valence-corrected chi connectivity index (χ2v) is 6.10. The predicted molar refractivity (Wildman–Crippen MR) is 83.7 cm³/mol. The Labute approximate surface area is 123 Å². The molecule has 1 fully saturated rings. The summed E-state index contributed by atoms with van der Waals surface area (Å²) in [7, 11) is 0. The molecule has 0 saturated carbocycles. The van der Waals surface area contributed by atoms with Gasteiger partial charge in [0.15, 0.2) is 0 Å². The molecule has 1 aliphatic heterocycles. The summed E-state index contributed by atoms with van der Waals surface area (Å²) >= 11 is 0. The number of likely N-dealkylation sites (tertiary alicyclic amines) is 1. The highest BCUT2D eigenvalue weighted by atomic mass is 16.2. The molecule has 0 unspecified atom stereocenters. The van der Waals surface area contributed by atoms with Crippen LogP contribution in [0.2, 0.25) is 0 Å². The summed E-state index contributed by atoms with van der Waals surface area (Å²) in [6.07, 6.45) is 6.52. The van der Waals surface area contributed by atoms with E-state index in [9.17, 15) is 4.79 Å². The molecule has 1 aromatic rings. The number of piperidine rings is 1. The molecule has 1 heterocycles. The van der Waals surface area contributed by atoms with Gasteiger partial charge in [0.05, 0.1) is 0 Å². The van der Waals surface area contributed by atoms with Crippen LogP contribution in [0.3, 0.4) is 0 Å². The monoisotopic (exact) mass is 273 g/mol. The Morgan fingerprint density at radius 1 is 1.20 bits per heavy atom. The van der Waals surface area contributed by atoms with Crippen LogP contribution in [0.1, 0.15) is 50.2 Å². The topological polar surface area (TPSA) is 20.3 Å². The molecule has 0 spiro atoms. The number of rotatable bonds is 5. The van der Waals surface area contributed by atoms with Gasteiger partial charge in [-0.2, -0.15) is 0 Å². The lowest BCUT2D eigenvalue weighted by Crippen LogP contribution is -2.38. The Balaban J connectivity index is 1.74. The maximum atomic E-state index is 12.2. The highest BCUT2D eigenvalue weighted by Gasteiger charge is 2.21. The van der Waals surface area contributed by atoms with E-state index in [1.807, 2.05) is 0 Å². The van der Waals surface area contributed by atoms with E-state index in [1.165, 1.54) is 36.8 Å². The zero-order valence-corrected chi connectivity index (χ0v) is 12.9. The molecule has 0 atom stereocenters. The van der Waals surface area contributed by atoms with Crippen LogP contribution in [-0.4, -0.2) is 23.9 Å². The first-order valence-electron chi connectivity index (χ1n) is 8.02. The molecule has 1 aromatic carbocycles. The average Bonchev–Trinajstić information content (AvgIpc) is 2.47. The summed E-state index contributed by atoms with van der Waals surface area (Å²) in [6, 6.07) is 8.51. The standard InChI is InChI=1S/C18H27NO/c1-3-4-16-11-13-19(14-12-16)18(20)10-9-17-7-5-15(2)6-8-17/h5-8,16H,3-4,9-14H2,1-2H3. The molecular formula is C18H27NO. The van der Waals surface area contributed by atoms with E-state index in [-0.39, 0.29) is 0 Å². The van der Waals surface area contributed by atoms with Crippen molar-refractivity contribution in [2.24, 2.45) is 5.92 Å². The van der Waals surface area contributed by atoms with Crippen molar-refractivity contribution in [3.05, 3.63) is 35.4 Å². The van der Waals surface area contributed by atoms with Gasteiger partial charge in [0.2, 0.25) is 5.91 Å². The Hall–Kier alpha value is -1.31. The van der Waals surface area contributed by atoms with Crippen molar-refractivity contribution in [1.29, 1.82) is 0 Å². The smallest absolute Gasteiger partial charge is 0.222 e. The molecule has 110 valence electrons. The number of benzene rings is 1. The van der Waals surface area contributed by atoms with Gasteiger partial charge < -0.3 is 4.90 Å². The number of amides is 1. The van der Waals surface area contributed by atoms with Gasteiger partial charge in [-0.05, 0) is 37.7 Å². The van der Waals surface area contributed by atoms with Crippen molar-refractivity contribution >= 4 is 5.91 Å². The third-order valence-electron chi connectivity index (χ3n) is 4.41. The molecule has 2 rings (SSSR count). The first kappa shape index (κ1) is 15.1. The van der Waals surface area contributed by atoms with E-state index in [0.29, 0.717) is 12.3 Å². The fraction of sp³-hybridized carbons (Fsp3) is 0.611. The summed E-state index contributed by atoms with van der Waals surface area (Å²) < 4.78 is 0. The molecular weight excluding hydrogens is 246 g/mol. The minimum atomic E-state index is 0.334. The number of hydrogen-bond acceptors (Lipinski definition) is 1. The number of hydrogen-bond donors (Lipinski definition) is 0. The number of carbonyl (C=O) groups is 1. The minimum Gasteiger partial charge on any atom is -0.343 e. The summed E-state index contributed by atoms with van der Waals surface area (Å²) in [6.45, 7) is 6.28. The van der Waals surface area contributed by atoms with Gasteiger partial charge >= 0.3 is 0 Å². The molecule has 0 aromatic heterocycles. The van der Waals surface area contributed by atoms with Crippen LogP contribution in [0.15, 0.2) is 24.3 Å². The van der Waals surface area contributed by atoms with Crippen LogP contribution in [0.4, 0.5) is 0 Å². The molecule has 1 saturated heterocycles. The molecule has 1 aliphatic rings. The zero-order chi connectivity index (χ0) is 14.4. The van der Waals surface area contributed by atoms with E-state index in [2.05, 4.69) is 43.0 Å². The van der Waals surface area contributed by atoms with Crippen LogP contribution < -0.4 is 0 Å². The lowest BCUT2D eigenvalue weighted by Gasteiger charge is -2.32. The second kappa shape index (κ2) is 7.47. The van der Waals surface area contributed by atoms with Gasteiger partial charge in [-0.3, -0.25) is 4.79 Å². The normalized spacial score (nSPS) is 16.4. The Bertz CT molecular complexity index is 416. The lowest BCUT2D eigenvalue weighted by atomic mass is 9.92. The molecule has 1 amide bonds. The third kappa shape index (κ3) is 4.36. The SMILES string of the molecule is CCCC1CCN(C(=O)CCc2ccc(C)cc2)CC1. The van der Waals surface area contributed by atoms with Gasteiger partial charge in [0.1, 0.15) is 0 Å². The Morgan fingerprint density at radius 3 is 2.45 bits per heavy atom. The van der Waals surface area contributed by atoms with Crippen LogP contribution in [-0.2, 0) is 11.2 Å². The van der Waals surface area contributed by atoms with E-state index in [1.54, 1.807) is 0 Å². The van der Waals surface area contributed by atoms with Gasteiger partial charge in [-0.15, -0.1) is 0 Å². The van der Waals surface area contributed by atoms with E-state index >= 15 is 0 Å². The largest absolute Gasteiger partial charge is 0.343 e. The molecule has 0 N–H and O–H groups in total. The second-order valence-electron chi connectivity index (χ2n) is 6.10. The Morgan fingerprint density at radius 2 is 1.85 bits per heavy atom. The molecule has 0 aliphatic carbocycles. The third-order valence-corrected chi connectivity index (χ3v) is 4.41. The summed E-state index contributed by atoms with van der Waals surface area (Å²) in [4.78, 5) is 14.3. The average molecular weight is 273 g/mol. The summed E-state index contributed by atoms with van der Waals surface area (Å²) in [5, 5.41) is 0. The van der Waals surface area contributed by atoms with Gasteiger partial charge in [0, 0.05) is 19.5 Å². The highest BCUT2D eigenvalue weighted by Crippen LogP contribution is 2.22. The molecule has 0 bridgehead atoms. The van der Waals surface area contributed by atoms with E-state index in [0.717, 1.165) is 25.4 Å². The number of nitrogens with zero attached hydrogens (tertiary/aromatic N) is 1.